The first-order valence-corrected chi connectivity index (χ1v) is 4.85. The van der Waals surface area contributed by atoms with Crippen molar-refractivity contribution >= 4 is 5.97 Å². The van der Waals surface area contributed by atoms with Crippen LogP contribution in [0.15, 0.2) is 0 Å². The van der Waals surface area contributed by atoms with Crippen molar-refractivity contribution in [2.75, 3.05) is 20.3 Å². The van der Waals surface area contributed by atoms with E-state index in [1.165, 1.54) is 6.92 Å². The third-order valence-corrected chi connectivity index (χ3v) is 1.28. The molecule has 0 aliphatic rings. The molecule has 86 valence electrons. The second-order valence-corrected chi connectivity index (χ2v) is 2.95. The number of methoxy groups -OCH3 is 1. The van der Waals surface area contributed by atoms with Crippen LogP contribution in [0.4, 0.5) is 0 Å². The number of aliphatic hydroxyl groups excluding tert-OH is 1. The first kappa shape index (κ1) is 15.8. The topological polar surface area (TPSA) is 55.8 Å². The van der Waals surface area contributed by atoms with Gasteiger partial charge < -0.3 is 14.6 Å². The van der Waals surface area contributed by atoms with E-state index in [4.69, 9.17) is 14.6 Å². The fourth-order valence-corrected chi connectivity index (χ4v) is 0.710. The minimum atomic E-state index is -0.264. The van der Waals surface area contributed by atoms with Gasteiger partial charge in [-0.05, 0) is 13.3 Å². The Kier molecular flexibility index (Phi) is 14.0. The first-order valence-electron chi connectivity index (χ1n) is 4.85. The summed E-state index contributed by atoms with van der Waals surface area (Å²) in [5.41, 5.74) is 0. The molecule has 0 aromatic carbocycles. The highest BCUT2D eigenvalue weighted by atomic mass is 16.6. The molecule has 1 atom stereocenters. The molecular weight excluding hydrogens is 184 g/mol. The predicted octanol–water partition coefficient (Wildman–Crippen LogP) is 1.36. The first-order chi connectivity index (χ1) is 6.58. The maximum Gasteiger partial charge on any atom is 0.302 e. The Bertz CT molecular complexity index is 123. The summed E-state index contributed by atoms with van der Waals surface area (Å²) in [7, 11) is 1.57. The molecular formula is C10H22O4. The van der Waals surface area contributed by atoms with Gasteiger partial charge in [-0.25, -0.2) is 0 Å². The van der Waals surface area contributed by atoms with Gasteiger partial charge in [-0.3, -0.25) is 4.79 Å². The van der Waals surface area contributed by atoms with Gasteiger partial charge in [0.2, 0.25) is 0 Å². The van der Waals surface area contributed by atoms with Crippen LogP contribution in [-0.2, 0) is 14.3 Å². The maximum atomic E-state index is 10.3. The Morgan fingerprint density at radius 2 is 2.07 bits per heavy atom. The maximum absolute atomic E-state index is 10.3. The normalized spacial score (nSPS) is 11.2. The molecule has 0 saturated heterocycles. The van der Waals surface area contributed by atoms with E-state index in [-0.39, 0.29) is 12.1 Å². The summed E-state index contributed by atoms with van der Waals surface area (Å²) >= 11 is 0. The molecule has 0 radical (unpaired) electrons. The summed E-state index contributed by atoms with van der Waals surface area (Å²) in [6.45, 7) is 6.02. The summed E-state index contributed by atoms with van der Waals surface area (Å²) in [5, 5.41) is 8.07. The van der Waals surface area contributed by atoms with Crippen LogP contribution in [0.1, 0.15) is 33.6 Å². The third kappa shape index (κ3) is 17.5. The molecule has 4 heteroatoms. The van der Waals surface area contributed by atoms with E-state index < -0.39 is 0 Å². The molecule has 4 nitrogen and oxygen atoms in total. The zero-order valence-electron chi connectivity index (χ0n) is 9.58. The lowest BCUT2D eigenvalue weighted by atomic mass is 10.4. The van der Waals surface area contributed by atoms with Gasteiger partial charge in [0.1, 0.15) is 6.10 Å². The van der Waals surface area contributed by atoms with Gasteiger partial charge in [0, 0.05) is 20.6 Å². The molecule has 0 aromatic heterocycles. The molecule has 14 heavy (non-hydrogen) atoms. The lowest BCUT2D eigenvalue weighted by Crippen LogP contribution is -2.17. The second-order valence-electron chi connectivity index (χ2n) is 2.95. The van der Waals surface area contributed by atoms with Gasteiger partial charge in [-0.1, -0.05) is 13.3 Å². The highest BCUT2D eigenvalue weighted by Gasteiger charge is 2.02. The largest absolute Gasteiger partial charge is 0.460 e. The summed E-state index contributed by atoms with van der Waals surface area (Å²) in [5.74, 6) is -0.264. The van der Waals surface area contributed by atoms with Crippen molar-refractivity contribution in [1.29, 1.82) is 0 Å². The molecule has 1 N–H and O–H groups in total. The van der Waals surface area contributed by atoms with Crippen molar-refractivity contribution in [3.63, 3.8) is 0 Å². The smallest absolute Gasteiger partial charge is 0.302 e. The summed E-state index contributed by atoms with van der Waals surface area (Å²) in [6, 6.07) is 0. The highest BCUT2D eigenvalue weighted by molar-refractivity contribution is 5.66. The number of hydrogen-bond donors (Lipinski definition) is 1. The van der Waals surface area contributed by atoms with Crippen molar-refractivity contribution in [2.45, 2.75) is 39.7 Å². The number of aliphatic hydroxyl groups is 1. The number of hydrogen-bond acceptors (Lipinski definition) is 4. The number of rotatable bonds is 5. The van der Waals surface area contributed by atoms with Crippen molar-refractivity contribution in [3.05, 3.63) is 0 Å². The molecule has 0 bridgehead atoms. The Morgan fingerprint density at radius 3 is 2.29 bits per heavy atom. The van der Waals surface area contributed by atoms with Crippen LogP contribution in [0, 0.1) is 0 Å². The van der Waals surface area contributed by atoms with Gasteiger partial charge in [-0.15, -0.1) is 0 Å². The zero-order valence-corrected chi connectivity index (χ0v) is 9.58. The number of ether oxygens (including phenoxy) is 2. The number of unbranched alkanes of at least 4 members (excludes halogenated alkanes) is 1. The minimum absolute atomic E-state index is 0.132. The molecule has 0 saturated carbocycles. The van der Waals surface area contributed by atoms with Crippen LogP contribution in [-0.4, -0.2) is 37.5 Å². The summed E-state index contributed by atoms with van der Waals surface area (Å²) in [4.78, 5) is 10.3. The molecule has 1 unspecified atom stereocenters. The molecule has 0 rings (SSSR count). The second kappa shape index (κ2) is 12.4. The zero-order chi connectivity index (χ0) is 11.4. The molecule has 0 aliphatic carbocycles. The van der Waals surface area contributed by atoms with Crippen LogP contribution in [0.5, 0.6) is 0 Å². The van der Waals surface area contributed by atoms with E-state index in [1.807, 2.05) is 0 Å². The highest BCUT2D eigenvalue weighted by Crippen LogP contribution is 1.90. The Labute approximate surface area is 86.2 Å². The van der Waals surface area contributed by atoms with Crippen LogP contribution in [0.25, 0.3) is 0 Å². The van der Waals surface area contributed by atoms with Gasteiger partial charge >= 0.3 is 5.97 Å². The monoisotopic (exact) mass is 206 g/mol. The quantitative estimate of drug-likeness (QED) is 0.690. The van der Waals surface area contributed by atoms with Crippen LogP contribution >= 0.6 is 0 Å². The van der Waals surface area contributed by atoms with E-state index in [0.29, 0.717) is 13.2 Å². The number of esters is 1. The fraction of sp³-hybridized carbons (Fsp3) is 0.900. The molecule has 0 fully saturated rings. The van der Waals surface area contributed by atoms with E-state index in [0.717, 1.165) is 12.8 Å². The average Bonchev–Trinajstić information content (AvgIpc) is 2.05. The SMILES string of the molecule is CCCCO.COCC(C)OC(C)=O. The van der Waals surface area contributed by atoms with Crippen molar-refractivity contribution in [2.24, 2.45) is 0 Å². The van der Waals surface area contributed by atoms with Gasteiger partial charge in [-0.2, -0.15) is 0 Å². The lowest BCUT2D eigenvalue weighted by molar-refractivity contribution is -0.147. The summed E-state index contributed by atoms with van der Waals surface area (Å²) in [6.07, 6.45) is 1.91. The lowest BCUT2D eigenvalue weighted by Gasteiger charge is -2.08. The van der Waals surface area contributed by atoms with Crippen LogP contribution in [0.3, 0.4) is 0 Å². The van der Waals surface area contributed by atoms with Gasteiger partial charge in [0.25, 0.3) is 0 Å². The van der Waals surface area contributed by atoms with Crippen molar-refractivity contribution in [1.82, 2.24) is 0 Å². The standard InChI is InChI=1S/C6H12O3.C4H10O/c1-5(4-8-3)9-6(2)7;1-2-3-4-5/h5H,4H2,1-3H3;5H,2-4H2,1H3. The Morgan fingerprint density at radius 1 is 1.50 bits per heavy atom. The third-order valence-electron chi connectivity index (χ3n) is 1.28. The van der Waals surface area contributed by atoms with Gasteiger partial charge in [0.05, 0.1) is 6.61 Å². The van der Waals surface area contributed by atoms with Gasteiger partial charge in [0.15, 0.2) is 0 Å². The molecule has 0 amide bonds. The predicted molar refractivity (Wildman–Crippen MR) is 55.1 cm³/mol. The van der Waals surface area contributed by atoms with Crippen LogP contribution < -0.4 is 0 Å². The molecule has 0 heterocycles. The summed E-state index contributed by atoms with van der Waals surface area (Å²) < 4.78 is 9.45. The Hall–Kier alpha value is -0.610. The van der Waals surface area contributed by atoms with E-state index in [9.17, 15) is 4.79 Å². The van der Waals surface area contributed by atoms with E-state index in [2.05, 4.69) is 6.92 Å². The number of carbonyl (C=O) groups excluding carboxylic acids is 1. The van der Waals surface area contributed by atoms with Crippen molar-refractivity contribution < 1.29 is 19.4 Å². The Balaban J connectivity index is 0. The fourth-order valence-electron chi connectivity index (χ4n) is 0.710. The minimum Gasteiger partial charge on any atom is -0.460 e. The van der Waals surface area contributed by atoms with Crippen molar-refractivity contribution in [3.8, 4) is 0 Å². The number of carbonyl (C=O) groups is 1. The molecule has 0 aromatic rings. The molecule has 0 spiro atoms. The molecule has 0 aliphatic heterocycles. The average molecular weight is 206 g/mol. The van der Waals surface area contributed by atoms with Crippen LogP contribution in [0.2, 0.25) is 0 Å². The van der Waals surface area contributed by atoms with E-state index >= 15 is 0 Å². The van der Waals surface area contributed by atoms with E-state index in [1.54, 1.807) is 14.0 Å².